The Kier molecular flexibility index (Phi) is 5.51. The van der Waals surface area contributed by atoms with Crippen LogP contribution in [0.4, 0.5) is 15.8 Å². The van der Waals surface area contributed by atoms with Crippen molar-refractivity contribution in [2.75, 3.05) is 36.0 Å². The van der Waals surface area contributed by atoms with Crippen molar-refractivity contribution in [2.45, 2.75) is 19.8 Å². The minimum Gasteiger partial charge on any atom is -0.371 e. The molecule has 2 atom stereocenters. The molecule has 29 heavy (non-hydrogen) atoms. The molecule has 0 radical (unpaired) electrons. The lowest BCUT2D eigenvalue weighted by atomic mass is 10.1. The van der Waals surface area contributed by atoms with E-state index in [0.717, 1.165) is 19.5 Å². The minimum absolute atomic E-state index is 0.0911. The predicted molar refractivity (Wildman–Crippen MR) is 111 cm³/mol. The number of para-hydroxylation sites is 1. The van der Waals surface area contributed by atoms with Crippen LogP contribution in [-0.2, 0) is 9.59 Å². The number of benzene rings is 2. The second-order valence-corrected chi connectivity index (χ2v) is 8.02. The first-order chi connectivity index (χ1) is 14.0. The number of halogens is 1. The number of amides is 2. The predicted octanol–water partition coefficient (Wildman–Crippen LogP) is 3.13. The molecule has 2 aromatic carbocycles. The van der Waals surface area contributed by atoms with Crippen molar-refractivity contribution >= 4 is 23.2 Å². The summed E-state index contributed by atoms with van der Waals surface area (Å²) < 4.78 is 13.8. The van der Waals surface area contributed by atoms with Gasteiger partial charge in [0.2, 0.25) is 11.8 Å². The van der Waals surface area contributed by atoms with Gasteiger partial charge < -0.3 is 15.1 Å². The van der Waals surface area contributed by atoms with Crippen molar-refractivity contribution in [3.63, 3.8) is 0 Å². The van der Waals surface area contributed by atoms with Gasteiger partial charge in [0.1, 0.15) is 5.82 Å². The molecule has 2 aliphatic heterocycles. The van der Waals surface area contributed by atoms with Gasteiger partial charge in [0.25, 0.3) is 0 Å². The lowest BCUT2D eigenvalue weighted by molar-refractivity contribution is -0.126. The zero-order valence-corrected chi connectivity index (χ0v) is 16.6. The zero-order valence-electron chi connectivity index (χ0n) is 16.6. The monoisotopic (exact) mass is 395 g/mol. The third-order valence-electron chi connectivity index (χ3n) is 5.94. The normalized spacial score (nSPS) is 21.7. The summed E-state index contributed by atoms with van der Waals surface area (Å²) in [6.07, 6.45) is 1.20. The van der Waals surface area contributed by atoms with Crippen LogP contribution in [0.5, 0.6) is 0 Å². The zero-order chi connectivity index (χ0) is 20.4. The second-order valence-electron chi connectivity index (χ2n) is 8.02. The Morgan fingerprint density at radius 2 is 1.93 bits per heavy atom. The average Bonchev–Trinajstić information content (AvgIpc) is 3.36. The largest absolute Gasteiger partial charge is 0.371 e. The molecule has 6 heteroatoms. The van der Waals surface area contributed by atoms with Crippen LogP contribution in [0.2, 0.25) is 0 Å². The lowest BCUT2D eigenvalue weighted by Crippen LogP contribution is -2.36. The molecule has 2 aliphatic rings. The molecule has 2 heterocycles. The highest BCUT2D eigenvalue weighted by Gasteiger charge is 2.35. The summed E-state index contributed by atoms with van der Waals surface area (Å²) in [5, 5.41) is 3.03. The van der Waals surface area contributed by atoms with E-state index in [9.17, 15) is 14.0 Å². The van der Waals surface area contributed by atoms with Crippen molar-refractivity contribution in [1.82, 2.24) is 5.32 Å². The van der Waals surface area contributed by atoms with Gasteiger partial charge >= 0.3 is 0 Å². The molecule has 2 saturated heterocycles. The first-order valence-electron chi connectivity index (χ1n) is 10.2. The summed E-state index contributed by atoms with van der Waals surface area (Å²) >= 11 is 0. The van der Waals surface area contributed by atoms with Gasteiger partial charge in [0.15, 0.2) is 0 Å². The molecule has 0 bridgehead atoms. The van der Waals surface area contributed by atoms with Gasteiger partial charge in [-0.25, -0.2) is 4.39 Å². The molecule has 2 fully saturated rings. The highest BCUT2D eigenvalue weighted by atomic mass is 19.1. The number of anilines is 2. The van der Waals surface area contributed by atoms with Gasteiger partial charge in [-0.2, -0.15) is 0 Å². The van der Waals surface area contributed by atoms with Crippen LogP contribution in [0.25, 0.3) is 0 Å². The minimum atomic E-state index is -0.390. The van der Waals surface area contributed by atoms with Gasteiger partial charge in [-0.1, -0.05) is 24.3 Å². The standard InChI is InChI=1S/C23H26FN3O2/c1-16-7-8-20(12-21(16)24)27-15-18(11-22(27)28)23(29)25-13-17-9-10-26(14-17)19-5-3-2-4-6-19/h2-8,12,17-18H,9-11,13-15H2,1H3,(H,25,29)/t17-,18-/m1/s1. The van der Waals surface area contributed by atoms with Crippen molar-refractivity contribution in [3.8, 4) is 0 Å². The van der Waals surface area contributed by atoms with E-state index >= 15 is 0 Å². The lowest BCUT2D eigenvalue weighted by Gasteiger charge is -2.19. The van der Waals surface area contributed by atoms with Gasteiger partial charge in [0.05, 0.1) is 5.92 Å². The Hall–Kier alpha value is -2.89. The molecule has 1 N–H and O–H groups in total. The molecule has 0 saturated carbocycles. The summed E-state index contributed by atoms with van der Waals surface area (Å²) in [6.45, 7) is 4.50. The van der Waals surface area contributed by atoms with E-state index in [1.54, 1.807) is 19.1 Å². The Morgan fingerprint density at radius 1 is 1.14 bits per heavy atom. The number of hydrogen-bond donors (Lipinski definition) is 1. The number of hydrogen-bond acceptors (Lipinski definition) is 3. The van der Waals surface area contributed by atoms with E-state index in [1.165, 1.54) is 16.7 Å². The number of rotatable bonds is 5. The Labute approximate surface area is 170 Å². The number of nitrogens with one attached hydrogen (secondary N) is 1. The molecule has 2 aromatic rings. The average molecular weight is 395 g/mol. The number of aryl methyl sites for hydroxylation is 1. The van der Waals surface area contributed by atoms with Crippen LogP contribution in [-0.4, -0.2) is 38.0 Å². The Balaban J connectivity index is 1.29. The third kappa shape index (κ3) is 4.26. The summed E-state index contributed by atoms with van der Waals surface area (Å²) in [6, 6.07) is 15.0. The van der Waals surface area contributed by atoms with E-state index in [-0.39, 0.29) is 24.1 Å². The molecule has 5 nitrogen and oxygen atoms in total. The highest BCUT2D eigenvalue weighted by Crippen LogP contribution is 2.27. The topological polar surface area (TPSA) is 52.7 Å². The number of nitrogens with zero attached hydrogens (tertiary/aromatic N) is 2. The Morgan fingerprint density at radius 3 is 2.69 bits per heavy atom. The summed E-state index contributed by atoms with van der Waals surface area (Å²) in [5.74, 6) is -0.555. The van der Waals surface area contributed by atoms with E-state index in [1.807, 2.05) is 18.2 Å². The summed E-state index contributed by atoms with van der Waals surface area (Å²) in [5.41, 5.74) is 2.27. The maximum absolute atomic E-state index is 13.8. The van der Waals surface area contributed by atoms with Crippen LogP contribution >= 0.6 is 0 Å². The quantitative estimate of drug-likeness (QED) is 0.846. The molecule has 4 rings (SSSR count). The molecule has 0 spiro atoms. The first kappa shape index (κ1) is 19.4. The van der Waals surface area contributed by atoms with Crippen LogP contribution in [0.1, 0.15) is 18.4 Å². The highest BCUT2D eigenvalue weighted by molar-refractivity contribution is 6.00. The van der Waals surface area contributed by atoms with Gasteiger partial charge in [-0.05, 0) is 49.1 Å². The van der Waals surface area contributed by atoms with E-state index in [4.69, 9.17) is 0 Å². The van der Waals surface area contributed by atoms with Gasteiger partial charge in [-0.3, -0.25) is 9.59 Å². The second kappa shape index (κ2) is 8.23. The van der Waals surface area contributed by atoms with E-state index in [0.29, 0.717) is 30.3 Å². The smallest absolute Gasteiger partial charge is 0.227 e. The Bertz CT molecular complexity index is 902. The number of carbonyl (C=O) groups excluding carboxylic acids is 2. The third-order valence-corrected chi connectivity index (χ3v) is 5.94. The van der Waals surface area contributed by atoms with Crippen LogP contribution in [0.15, 0.2) is 48.5 Å². The molecule has 0 aliphatic carbocycles. The molecule has 152 valence electrons. The molecular weight excluding hydrogens is 369 g/mol. The molecule has 2 amide bonds. The summed E-state index contributed by atoms with van der Waals surface area (Å²) in [4.78, 5) is 28.8. The fourth-order valence-electron chi connectivity index (χ4n) is 4.14. The fraction of sp³-hybridized carbons (Fsp3) is 0.391. The van der Waals surface area contributed by atoms with Crippen LogP contribution in [0.3, 0.4) is 0 Å². The van der Waals surface area contributed by atoms with E-state index in [2.05, 4.69) is 22.3 Å². The van der Waals surface area contributed by atoms with Crippen LogP contribution < -0.4 is 15.1 Å². The first-order valence-corrected chi connectivity index (χ1v) is 10.2. The van der Waals surface area contributed by atoms with Crippen molar-refractivity contribution in [2.24, 2.45) is 11.8 Å². The van der Waals surface area contributed by atoms with Gasteiger partial charge in [0, 0.05) is 44.0 Å². The fourth-order valence-corrected chi connectivity index (χ4v) is 4.14. The van der Waals surface area contributed by atoms with Crippen molar-refractivity contribution in [3.05, 3.63) is 59.9 Å². The number of carbonyl (C=O) groups is 2. The maximum Gasteiger partial charge on any atom is 0.227 e. The van der Waals surface area contributed by atoms with Crippen molar-refractivity contribution < 1.29 is 14.0 Å². The maximum atomic E-state index is 13.8. The van der Waals surface area contributed by atoms with Gasteiger partial charge in [-0.15, -0.1) is 0 Å². The summed E-state index contributed by atoms with van der Waals surface area (Å²) in [7, 11) is 0. The van der Waals surface area contributed by atoms with E-state index < -0.39 is 5.92 Å². The molecule has 0 unspecified atom stereocenters. The molecular formula is C23H26FN3O2. The van der Waals surface area contributed by atoms with Crippen LogP contribution in [0, 0.1) is 24.6 Å². The molecule has 0 aromatic heterocycles. The van der Waals surface area contributed by atoms with Crippen molar-refractivity contribution in [1.29, 1.82) is 0 Å². The SMILES string of the molecule is Cc1ccc(N2C[C@H](C(=O)NC[C@H]3CCN(c4ccccc4)C3)CC2=O)cc1F.